The van der Waals surface area contributed by atoms with Gasteiger partial charge < -0.3 is 15.5 Å². The molecule has 2 N–H and O–H groups in total. The summed E-state index contributed by atoms with van der Waals surface area (Å²) in [5.41, 5.74) is 1.08. The Balaban J connectivity index is 0.00000225. The zero-order valence-corrected chi connectivity index (χ0v) is 15.6. The average molecular weight is 366 g/mol. The smallest absolute Gasteiger partial charge is 0.245 e. The third kappa shape index (κ3) is 4.95. The lowest BCUT2D eigenvalue weighted by Gasteiger charge is -2.33. The van der Waals surface area contributed by atoms with Crippen molar-refractivity contribution in [3.63, 3.8) is 0 Å². The molecule has 0 radical (unpaired) electrons. The van der Waals surface area contributed by atoms with Gasteiger partial charge in [0.05, 0.1) is 0 Å². The highest BCUT2D eigenvalue weighted by Gasteiger charge is 2.33. The summed E-state index contributed by atoms with van der Waals surface area (Å²) >= 11 is 0. The van der Waals surface area contributed by atoms with Crippen molar-refractivity contribution < 1.29 is 9.59 Å². The number of carbonyl (C=O) groups excluding carboxylic acids is 2. The van der Waals surface area contributed by atoms with Crippen LogP contribution >= 0.6 is 12.4 Å². The first-order valence-electron chi connectivity index (χ1n) is 8.99. The molecule has 138 valence electrons. The van der Waals surface area contributed by atoms with Gasteiger partial charge in [0.1, 0.15) is 6.04 Å². The second-order valence-electron chi connectivity index (χ2n) is 6.99. The zero-order valence-electron chi connectivity index (χ0n) is 14.7. The van der Waals surface area contributed by atoms with Crippen LogP contribution in [0.25, 0.3) is 0 Å². The van der Waals surface area contributed by atoms with Crippen LogP contribution in [0.1, 0.15) is 25.3 Å². The van der Waals surface area contributed by atoms with E-state index in [9.17, 15) is 9.59 Å². The fraction of sp³-hybridized carbons (Fsp3) is 0.579. The molecule has 2 atom stereocenters. The molecule has 2 fully saturated rings. The van der Waals surface area contributed by atoms with Gasteiger partial charge >= 0.3 is 0 Å². The van der Waals surface area contributed by atoms with Crippen molar-refractivity contribution in [1.29, 1.82) is 0 Å². The van der Waals surface area contributed by atoms with Crippen LogP contribution in [-0.2, 0) is 16.0 Å². The van der Waals surface area contributed by atoms with Gasteiger partial charge in [-0.2, -0.15) is 0 Å². The summed E-state index contributed by atoms with van der Waals surface area (Å²) in [4.78, 5) is 27.3. The fourth-order valence-electron chi connectivity index (χ4n) is 3.39. The molecule has 0 aliphatic carbocycles. The van der Waals surface area contributed by atoms with Gasteiger partial charge in [-0.3, -0.25) is 9.59 Å². The summed E-state index contributed by atoms with van der Waals surface area (Å²) in [6, 6.07) is 9.46. The molecule has 1 aromatic carbocycles. The summed E-state index contributed by atoms with van der Waals surface area (Å²) < 4.78 is 0. The number of rotatable bonds is 6. The van der Waals surface area contributed by atoms with Crippen molar-refractivity contribution in [2.24, 2.45) is 11.8 Å². The number of hydrogen-bond donors (Lipinski definition) is 2. The Bertz CT molecular complexity index is 571. The number of nitrogens with one attached hydrogen (secondary N) is 2. The number of halogens is 1. The molecule has 2 aliphatic rings. The molecule has 0 aromatic heterocycles. The Morgan fingerprint density at radius 3 is 2.40 bits per heavy atom. The molecule has 2 unspecified atom stereocenters. The van der Waals surface area contributed by atoms with Crippen molar-refractivity contribution in [1.82, 2.24) is 15.5 Å². The van der Waals surface area contributed by atoms with Gasteiger partial charge in [0.25, 0.3) is 0 Å². The molecule has 2 aliphatic heterocycles. The molecule has 5 nitrogen and oxygen atoms in total. The predicted molar refractivity (Wildman–Crippen MR) is 101 cm³/mol. The lowest BCUT2D eigenvalue weighted by molar-refractivity contribution is -0.137. The van der Waals surface area contributed by atoms with Crippen molar-refractivity contribution in [3.05, 3.63) is 35.9 Å². The second-order valence-corrected chi connectivity index (χ2v) is 6.99. The molecular formula is C19H28ClN3O2. The van der Waals surface area contributed by atoms with Crippen LogP contribution in [0.4, 0.5) is 0 Å². The van der Waals surface area contributed by atoms with E-state index in [2.05, 4.69) is 10.6 Å². The van der Waals surface area contributed by atoms with E-state index < -0.39 is 6.04 Å². The third-order valence-corrected chi connectivity index (χ3v) is 5.25. The van der Waals surface area contributed by atoms with Gasteiger partial charge in [0, 0.05) is 25.4 Å². The Morgan fingerprint density at radius 1 is 1.20 bits per heavy atom. The minimum absolute atomic E-state index is 0. The normalized spacial score (nSPS) is 19.5. The summed E-state index contributed by atoms with van der Waals surface area (Å²) in [5.74, 6) is 0.374. The quantitative estimate of drug-likeness (QED) is 0.805. The highest BCUT2D eigenvalue weighted by atomic mass is 35.5. The first-order chi connectivity index (χ1) is 11.6. The van der Waals surface area contributed by atoms with E-state index in [4.69, 9.17) is 0 Å². The number of benzene rings is 1. The molecule has 2 heterocycles. The lowest BCUT2D eigenvalue weighted by atomic mass is 9.88. The molecule has 2 amide bonds. The maximum absolute atomic E-state index is 12.9. The molecule has 3 rings (SSSR count). The third-order valence-electron chi connectivity index (χ3n) is 5.25. The number of amides is 2. The lowest BCUT2D eigenvalue weighted by Crippen LogP contribution is -2.54. The SMILES string of the molecule is CC(C(=O)NC(Cc1ccccc1)C(=O)N1CCCC1)C1CNC1.Cl. The van der Waals surface area contributed by atoms with Gasteiger partial charge in [-0.15, -0.1) is 12.4 Å². The fourth-order valence-corrected chi connectivity index (χ4v) is 3.39. The standard InChI is InChI=1S/C19H27N3O2.ClH/c1-14(16-12-20-13-16)18(23)21-17(11-15-7-3-2-4-8-15)19(24)22-9-5-6-10-22;/h2-4,7-8,14,16-17,20H,5-6,9-13H2,1H3,(H,21,23);1H. The van der Waals surface area contributed by atoms with E-state index in [1.54, 1.807) is 0 Å². The first kappa shape index (κ1) is 19.7. The molecule has 2 saturated heterocycles. The Hall–Kier alpha value is -1.59. The Morgan fingerprint density at radius 2 is 1.84 bits per heavy atom. The minimum atomic E-state index is -0.464. The van der Waals surface area contributed by atoms with Crippen molar-refractivity contribution in [2.45, 2.75) is 32.2 Å². The monoisotopic (exact) mass is 365 g/mol. The highest BCUT2D eigenvalue weighted by molar-refractivity contribution is 5.89. The second kappa shape index (κ2) is 9.20. The summed E-state index contributed by atoms with van der Waals surface area (Å²) in [6.07, 6.45) is 2.67. The van der Waals surface area contributed by atoms with Crippen LogP contribution in [-0.4, -0.2) is 48.9 Å². The molecule has 1 aromatic rings. The van der Waals surface area contributed by atoms with Crippen LogP contribution in [0, 0.1) is 11.8 Å². The van der Waals surface area contributed by atoms with Crippen LogP contribution in [0.3, 0.4) is 0 Å². The van der Waals surface area contributed by atoms with Crippen molar-refractivity contribution in [2.75, 3.05) is 26.2 Å². The van der Waals surface area contributed by atoms with E-state index in [0.717, 1.165) is 44.6 Å². The maximum Gasteiger partial charge on any atom is 0.245 e. The van der Waals surface area contributed by atoms with Crippen LogP contribution in [0.15, 0.2) is 30.3 Å². The predicted octanol–water partition coefficient (Wildman–Crippen LogP) is 1.61. The molecule has 25 heavy (non-hydrogen) atoms. The number of nitrogens with zero attached hydrogens (tertiary/aromatic N) is 1. The van der Waals surface area contributed by atoms with Crippen LogP contribution in [0.5, 0.6) is 0 Å². The molecule has 0 spiro atoms. The first-order valence-corrected chi connectivity index (χ1v) is 8.99. The molecule has 6 heteroatoms. The average Bonchev–Trinajstić information content (AvgIpc) is 3.07. The van der Waals surface area contributed by atoms with Crippen molar-refractivity contribution >= 4 is 24.2 Å². The summed E-state index contributed by atoms with van der Waals surface area (Å²) in [5, 5.41) is 6.24. The zero-order chi connectivity index (χ0) is 16.9. The van der Waals surface area contributed by atoms with Gasteiger partial charge in [-0.25, -0.2) is 0 Å². The van der Waals surface area contributed by atoms with E-state index in [1.165, 1.54) is 0 Å². The van der Waals surface area contributed by atoms with E-state index in [1.807, 2.05) is 42.2 Å². The van der Waals surface area contributed by atoms with Gasteiger partial charge in [0.2, 0.25) is 11.8 Å². The maximum atomic E-state index is 12.9. The Labute approximate surface area is 155 Å². The summed E-state index contributed by atoms with van der Waals surface area (Å²) in [6.45, 7) is 5.35. The molecule has 0 bridgehead atoms. The highest BCUT2D eigenvalue weighted by Crippen LogP contribution is 2.17. The van der Waals surface area contributed by atoms with Gasteiger partial charge in [0.15, 0.2) is 0 Å². The molecule has 0 saturated carbocycles. The van der Waals surface area contributed by atoms with Crippen LogP contribution < -0.4 is 10.6 Å². The number of likely N-dealkylation sites (tertiary alicyclic amines) is 1. The number of hydrogen-bond acceptors (Lipinski definition) is 3. The molecular weight excluding hydrogens is 338 g/mol. The summed E-state index contributed by atoms with van der Waals surface area (Å²) in [7, 11) is 0. The Kier molecular flexibility index (Phi) is 7.26. The van der Waals surface area contributed by atoms with Crippen molar-refractivity contribution in [3.8, 4) is 0 Å². The number of carbonyl (C=O) groups is 2. The van der Waals surface area contributed by atoms with E-state index >= 15 is 0 Å². The topological polar surface area (TPSA) is 61.4 Å². The van der Waals surface area contributed by atoms with Gasteiger partial charge in [-0.1, -0.05) is 37.3 Å². The largest absolute Gasteiger partial charge is 0.344 e. The van der Waals surface area contributed by atoms with Crippen LogP contribution in [0.2, 0.25) is 0 Å². The van der Waals surface area contributed by atoms with E-state index in [-0.39, 0.29) is 30.1 Å². The minimum Gasteiger partial charge on any atom is -0.344 e. The van der Waals surface area contributed by atoms with E-state index in [0.29, 0.717) is 12.3 Å². The van der Waals surface area contributed by atoms with Gasteiger partial charge in [-0.05, 0) is 37.4 Å².